The van der Waals surface area contributed by atoms with E-state index in [-0.39, 0.29) is 0 Å². The molecular weight excluding hydrogens is 242 g/mol. The first-order chi connectivity index (χ1) is 7.85. The molecule has 0 saturated carbocycles. The minimum Gasteiger partial charge on any atom is -0.470 e. The van der Waals surface area contributed by atoms with E-state index in [9.17, 15) is 0 Å². The molecule has 2 nitrogen and oxygen atoms in total. The van der Waals surface area contributed by atoms with Crippen molar-refractivity contribution in [3.63, 3.8) is 0 Å². The molecule has 0 radical (unpaired) electrons. The molecular formula is C12H12ClNOS. The van der Waals surface area contributed by atoms with Crippen LogP contribution in [-0.4, -0.2) is 11.6 Å². The van der Waals surface area contributed by atoms with E-state index in [0.29, 0.717) is 17.7 Å². The quantitative estimate of drug-likeness (QED) is 0.770. The van der Waals surface area contributed by atoms with Gasteiger partial charge in [0.05, 0.1) is 23.1 Å². The van der Waals surface area contributed by atoms with Crippen LogP contribution in [0.3, 0.4) is 0 Å². The number of hydrogen-bond donors (Lipinski definition) is 0. The van der Waals surface area contributed by atoms with E-state index in [0.717, 1.165) is 16.1 Å². The largest absolute Gasteiger partial charge is 0.470 e. The van der Waals surface area contributed by atoms with Crippen LogP contribution in [0.5, 0.6) is 5.19 Å². The Morgan fingerprint density at radius 2 is 2.06 bits per heavy atom. The Morgan fingerprint density at radius 1 is 1.31 bits per heavy atom. The number of alkyl halides is 1. The fourth-order valence-corrected chi connectivity index (χ4v) is 2.56. The van der Waals surface area contributed by atoms with Gasteiger partial charge in [-0.05, 0) is 6.92 Å². The summed E-state index contributed by atoms with van der Waals surface area (Å²) in [5.74, 6) is 0.467. The molecule has 0 unspecified atom stereocenters. The lowest BCUT2D eigenvalue weighted by Gasteiger charge is -1.97. The Morgan fingerprint density at radius 3 is 2.69 bits per heavy atom. The summed E-state index contributed by atoms with van der Waals surface area (Å²) >= 11 is 7.42. The zero-order valence-corrected chi connectivity index (χ0v) is 10.5. The van der Waals surface area contributed by atoms with Crippen LogP contribution in [0.1, 0.15) is 11.8 Å². The fourth-order valence-electron chi connectivity index (χ4n) is 1.43. The molecule has 0 fully saturated rings. The summed E-state index contributed by atoms with van der Waals surface area (Å²) in [6, 6.07) is 10.0. The van der Waals surface area contributed by atoms with Crippen molar-refractivity contribution in [3.05, 3.63) is 35.2 Å². The third-order valence-electron chi connectivity index (χ3n) is 2.11. The summed E-state index contributed by atoms with van der Waals surface area (Å²) in [5, 5.41) is 0.692. The highest BCUT2D eigenvalue weighted by molar-refractivity contribution is 7.14. The van der Waals surface area contributed by atoms with Crippen LogP contribution in [0, 0.1) is 0 Å². The minimum atomic E-state index is 0.467. The number of ether oxygens (including phenoxy) is 1. The Kier molecular flexibility index (Phi) is 3.80. The van der Waals surface area contributed by atoms with Crippen LogP contribution < -0.4 is 4.74 Å². The molecule has 0 amide bonds. The lowest BCUT2D eigenvalue weighted by molar-refractivity contribution is 0.338. The third-order valence-corrected chi connectivity index (χ3v) is 3.51. The maximum Gasteiger partial charge on any atom is 0.274 e. The number of nitrogens with zero attached hydrogens (tertiary/aromatic N) is 1. The van der Waals surface area contributed by atoms with E-state index in [1.54, 1.807) is 0 Å². The van der Waals surface area contributed by atoms with Crippen LogP contribution in [0.2, 0.25) is 0 Å². The second-order valence-electron chi connectivity index (χ2n) is 3.18. The summed E-state index contributed by atoms with van der Waals surface area (Å²) < 4.78 is 5.40. The van der Waals surface area contributed by atoms with Crippen LogP contribution in [0.4, 0.5) is 0 Å². The molecule has 0 aliphatic rings. The van der Waals surface area contributed by atoms with Crippen molar-refractivity contribution in [1.29, 1.82) is 0 Å². The number of aromatic nitrogens is 1. The first-order valence-electron chi connectivity index (χ1n) is 5.09. The molecule has 0 aliphatic heterocycles. The highest BCUT2D eigenvalue weighted by Crippen LogP contribution is 2.33. The van der Waals surface area contributed by atoms with Crippen molar-refractivity contribution in [2.24, 2.45) is 0 Å². The highest BCUT2D eigenvalue weighted by Gasteiger charge is 2.12. The van der Waals surface area contributed by atoms with Crippen LogP contribution in [0.15, 0.2) is 30.3 Å². The molecule has 0 atom stereocenters. The molecule has 84 valence electrons. The monoisotopic (exact) mass is 253 g/mol. The number of benzene rings is 1. The second-order valence-corrected chi connectivity index (χ2v) is 4.50. The zero-order chi connectivity index (χ0) is 11.4. The van der Waals surface area contributed by atoms with Gasteiger partial charge in [0, 0.05) is 5.56 Å². The molecule has 2 aromatic rings. The topological polar surface area (TPSA) is 22.1 Å². The predicted octanol–water partition coefficient (Wildman–Crippen LogP) is 3.95. The molecule has 0 N–H and O–H groups in total. The highest BCUT2D eigenvalue weighted by atomic mass is 35.5. The van der Waals surface area contributed by atoms with Crippen LogP contribution >= 0.6 is 22.9 Å². The molecule has 1 heterocycles. The molecule has 0 spiro atoms. The summed E-state index contributed by atoms with van der Waals surface area (Å²) in [5.41, 5.74) is 2.02. The maximum absolute atomic E-state index is 5.91. The molecule has 0 bridgehead atoms. The average Bonchev–Trinajstić information content (AvgIpc) is 2.74. The molecule has 16 heavy (non-hydrogen) atoms. The molecule has 4 heteroatoms. The van der Waals surface area contributed by atoms with Crippen molar-refractivity contribution in [1.82, 2.24) is 4.98 Å². The summed E-state index contributed by atoms with van der Waals surface area (Å²) in [6.45, 7) is 2.58. The van der Waals surface area contributed by atoms with Crippen molar-refractivity contribution < 1.29 is 4.74 Å². The number of halogens is 1. The van der Waals surface area contributed by atoms with E-state index < -0.39 is 0 Å². The van der Waals surface area contributed by atoms with Gasteiger partial charge in [0.15, 0.2) is 0 Å². The van der Waals surface area contributed by atoms with E-state index in [1.165, 1.54) is 11.3 Å². The molecule has 1 aromatic carbocycles. The predicted molar refractivity (Wildman–Crippen MR) is 68.3 cm³/mol. The second kappa shape index (κ2) is 5.32. The van der Waals surface area contributed by atoms with Gasteiger partial charge in [-0.2, -0.15) is 0 Å². The van der Waals surface area contributed by atoms with Gasteiger partial charge < -0.3 is 4.74 Å². The van der Waals surface area contributed by atoms with Gasteiger partial charge in [0.25, 0.3) is 5.19 Å². The van der Waals surface area contributed by atoms with Gasteiger partial charge >= 0.3 is 0 Å². The Balaban J connectivity index is 2.39. The Labute approximate surface area is 104 Å². The van der Waals surface area contributed by atoms with Gasteiger partial charge in [-0.15, -0.1) is 11.6 Å². The first kappa shape index (κ1) is 11.4. The lowest BCUT2D eigenvalue weighted by atomic mass is 10.1. The standard InChI is InChI=1S/C12H12ClNOS/c1-2-15-12-14-11(10(8-13)16-12)9-6-4-3-5-7-9/h3-7H,2,8H2,1H3. The third kappa shape index (κ3) is 2.36. The van der Waals surface area contributed by atoms with E-state index in [2.05, 4.69) is 4.98 Å². The maximum atomic E-state index is 5.91. The fraction of sp³-hybridized carbons (Fsp3) is 0.250. The number of rotatable bonds is 4. The van der Waals surface area contributed by atoms with Crippen LogP contribution in [-0.2, 0) is 5.88 Å². The SMILES string of the molecule is CCOc1nc(-c2ccccc2)c(CCl)s1. The summed E-state index contributed by atoms with van der Waals surface area (Å²) in [4.78, 5) is 5.51. The number of hydrogen-bond acceptors (Lipinski definition) is 3. The lowest BCUT2D eigenvalue weighted by Crippen LogP contribution is -1.90. The first-order valence-corrected chi connectivity index (χ1v) is 6.44. The van der Waals surface area contributed by atoms with Crippen LogP contribution in [0.25, 0.3) is 11.3 Å². The van der Waals surface area contributed by atoms with Gasteiger partial charge in [-0.25, -0.2) is 4.98 Å². The van der Waals surface area contributed by atoms with E-state index in [1.807, 2.05) is 37.3 Å². The Bertz CT molecular complexity index is 455. The minimum absolute atomic E-state index is 0.467. The molecule has 0 saturated heterocycles. The van der Waals surface area contributed by atoms with Gasteiger partial charge in [-0.3, -0.25) is 0 Å². The van der Waals surface area contributed by atoms with Crippen molar-refractivity contribution in [2.45, 2.75) is 12.8 Å². The van der Waals surface area contributed by atoms with Gasteiger partial charge in [0.1, 0.15) is 0 Å². The zero-order valence-electron chi connectivity index (χ0n) is 8.94. The summed E-state index contributed by atoms with van der Waals surface area (Å²) in [6.07, 6.45) is 0. The van der Waals surface area contributed by atoms with Gasteiger partial charge in [-0.1, -0.05) is 41.7 Å². The molecule has 1 aromatic heterocycles. The smallest absolute Gasteiger partial charge is 0.274 e. The van der Waals surface area contributed by atoms with Crippen molar-refractivity contribution in [2.75, 3.05) is 6.61 Å². The van der Waals surface area contributed by atoms with Crippen molar-refractivity contribution >= 4 is 22.9 Å². The summed E-state index contributed by atoms with van der Waals surface area (Å²) in [7, 11) is 0. The van der Waals surface area contributed by atoms with E-state index in [4.69, 9.17) is 16.3 Å². The molecule has 0 aliphatic carbocycles. The van der Waals surface area contributed by atoms with E-state index >= 15 is 0 Å². The van der Waals surface area contributed by atoms with Crippen molar-refractivity contribution in [3.8, 4) is 16.5 Å². The average molecular weight is 254 g/mol. The molecule has 2 rings (SSSR count). The number of thiazole rings is 1. The normalized spacial score (nSPS) is 10.4. The van der Waals surface area contributed by atoms with Gasteiger partial charge in [0.2, 0.25) is 0 Å². The Hall–Kier alpha value is -1.06.